The molecule has 1 fully saturated rings. The summed E-state index contributed by atoms with van der Waals surface area (Å²) in [6, 6.07) is 7.81. The van der Waals surface area contributed by atoms with Crippen molar-refractivity contribution < 1.29 is 14.6 Å². The lowest BCUT2D eigenvalue weighted by molar-refractivity contribution is -0.151. The number of anilines is 1. The Morgan fingerprint density at radius 3 is 2.67 bits per heavy atom. The Hall–Kier alpha value is -1.30. The van der Waals surface area contributed by atoms with Crippen LogP contribution in [-0.4, -0.2) is 61.4 Å². The molecule has 21 heavy (non-hydrogen) atoms. The predicted octanol–water partition coefficient (Wildman–Crippen LogP) is 1.95. The number of carboxylic acids is 1. The minimum Gasteiger partial charge on any atom is -0.479 e. The maximum atomic E-state index is 11.1. The second-order valence-electron chi connectivity index (χ2n) is 5.05. The van der Waals surface area contributed by atoms with E-state index < -0.39 is 12.1 Å². The van der Waals surface area contributed by atoms with Gasteiger partial charge in [0, 0.05) is 50.0 Å². The van der Waals surface area contributed by atoms with Crippen LogP contribution in [0.4, 0.5) is 5.69 Å². The van der Waals surface area contributed by atoms with E-state index in [-0.39, 0.29) is 0 Å². The third kappa shape index (κ3) is 4.59. The number of hydrogen-bond donors (Lipinski definition) is 1. The Morgan fingerprint density at radius 2 is 2.10 bits per heavy atom. The molecule has 5 nitrogen and oxygen atoms in total. The van der Waals surface area contributed by atoms with Crippen LogP contribution in [0.3, 0.4) is 0 Å². The zero-order valence-corrected chi connectivity index (χ0v) is 12.9. The van der Waals surface area contributed by atoms with Gasteiger partial charge >= 0.3 is 5.97 Å². The summed E-state index contributed by atoms with van der Waals surface area (Å²) in [7, 11) is 0. The van der Waals surface area contributed by atoms with E-state index >= 15 is 0 Å². The number of rotatable bonds is 6. The molecule has 0 saturated carbocycles. The van der Waals surface area contributed by atoms with E-state index in [2.05, 4.69) is 9.80 Å². The summed E-state index contributed by atoms with van der Waals surface area (Å²) >= 11 is 6.01. The number of halogens is 1. The van der Waals surface area contributed by atoms with Crippen molar-refractivity contribution in [3.8, 4) is 0 Å². The first-order valence-electron chi connectivity index (χ1n) is 7.17. The molecule has 2 rings (SSSR count). The normalized spacial score (nSPS) is 17.7. The molecule has 1 aromatic carbocycles. The largest absolute Gasteiger partial charge is 0.479 e. The summed E-state index contributed by atoms with van der Waals surface area (Å²) < 4.78 is 5.26. The SMILES string of the molecule is CCOC(CN1CCN(c2cccc(Cl)c2)CC1)C(=O)O. The van der Waals surface area contributed by atoms with Gasteiger partial charge in [0.2, 0.25) is 0 Å². The van der Waals surface area contributed by atoms with Crippen LogP contribution < -0.4 is 4.90 Å². The number of carbonyl (C=O) groups is 1. The fraction of sp³-hybridized carbons (Fsp3) is 0.533. The third-order valence-corrected chi connectivity index (χ3v) is 3.85. The molecule has 1 heterocycles. The smallest absolute Gasteiger partial charge is 0.334 e. The highest BCUT2D eigenvalue weighted by Crippen LogP contribution is 2.20. The van der Waals surface area contributed by atoms with Gasteiger partial charge in [-0.2, -0.15) is 0 Å². The van der Waals surface area contributed by atoms with Crippen LogP contribution >= 0.6 is 11.6 Å². The van der Waals surface area contributed by atoms with Crippen LogP contribution in [-0.2, 0) is 9.53 Å². The zero-order chi connectivity index (χ0) is 15.2. The molecule has 0 amide bonds. The number of ether oxygens (including phenoxy) is 1. The zero-order valence-electron chi connectivity index (χ0n) is 12.2. The molecule has 0 aromatic heterocycles. The van der Waals surface area contributed by atoms with Gasteiger partial charge in [-0.3, -0.25) is 4.90 Å². The molecule has 1 aromatic rings. The van der Waals surface area contributed by atoms with E-state index in [4.69, 9.17) is 21.4 Å². The Balaban J connectivity index is 1.86. The van der Waals surface area contributed by atoms with E-state index in [1.807, 2.05) is 31.2 Å². The van der Waals surface area contributed by atoms with E-state index in [1.54, 1.807) is 0 Å². The van der Waals surface area contributed by atoms with Gasteiger partial charge in [-0.25, -0.2) is 4.79 Å². The standard InChI is InChI=1S/C15H21ClN2O3/c1-2-21-14(15(19)20)11-17-6-8-18(9-7-17)13-5-3-4-12(16)10-13/h3-5,10,14H,2,6-9,11H2,1H3,(H,19,20). The molecular weight excluding hydrogens is 292 g/mol. The van der Waals surface area contributed by atoms with Crippen LogP contribution in [0.25, 0.3) is 0 Å². The first kappa shape index (κ1) is 16.1. The fourth-order valence-electron chi connectivity index (χ4n) is 2.50. The van der Waals surface area contributed by atoms with Crippen molar-refractivity contribution in [3.63, 3.8) is 0 Å². The molecule has 1 aliphatic rings. The minimum atomic E-state index is -0.894. The molecule has 1 saturated heterocycles. The molecule has 0 aliphatic carbocycles. The number of benzene rings is 1. The van der Waals surface area contributed by atoms with Gasteiger partial charge in [-0.1, -0.05) is 17.7 Å². The van der Waals surface area contributed by atoms with E-state index in [0.29, 0.717) is 13.2 Å². The average molecular weight is 313 g/mol. The molecule has 1 unspecified atom stereocenters. The number of hydrogen-bond acceptors (Lipinski definition) is 4. The molecule has 1 aliphatic heterocycles. The number of piperazine rings is 1. The van der Waals surface area contributed by atoms with Crippen LogP contribution in [0.2, 0.25) is 5.02 Å². The van der Waals surface area contributed by atoms with Gasteiger partial charge < -0.3 is 14.7 Å². The summed E-state index contributed by atoms with van der Waals surface area (Å²) in [4.78, 5) is 15.5. The summed E-state index contributed by atoms with van der Waals surface area (Å²) in [5.41, 5.74) is 1.11. The fourth-order valence-corrected chi connectivity index (χ4v) is 2.68. The van der Waals surface area contributed by atoms with Crippen LogP contribution in [0.5, 0.6) is 0 Å². The Labute approximate surface area is 130 Å². The second kappa shape index (κ2) is 7.64. The molecule has 1 N–H and O–H groups in total. The summed E-state index contributed by atoms with van der Waals surface area (Å²) in [6.45, 7) is 6.03. The molecule has 0 spiro atoms. The summed E-state index contributed by atoms with van der Waals surface area (Å²) in [5, 5.41) is 9.85. The highest BCUT2D eigenvalue weighted by molar-refractivity contribution is 6.30. The van der Waals surface area contributed by atoms with E-state index in [9.17, 15) is 4.79 Å². The van der Waals surface area contributed by atoms with Crippen molar-refractivity contribution in [2.75, 3.05) is 44.2 Å². The van der Waals surface area contributed by atoms with Gasteiger partial charge in [0.1, 0.15) is 0 Å². The van der Waals surface area contributed by atoms with Gasteiger partial charge in [0.05, 0.1) is 0 Å². The van der Waals surface area contributed by atoms with Crippen LogP contribution in [0.15, 0.2) is 24.3 Å². The van der Waals surface area contributed by atoms with E-state index in [0.717, 1.165) is 36.9 Å². The monoisotopic (exact) mass is 312 g/mol. The quantitative estimate of drug-likeness (QED) is 0.870. The summed E-state index contributed by atoms with van der Waals surface area (Å²) in [6.07, 6.45) is -0.743. The van der Waals surface area contributed by atoms with Gasteiger partial charge in [0.15, 0.2) is 6.10 Å². The summed E-state index contributed by atoms with van der Waals surface area (Å²) in [5.74, 6) is -0.894. The lowest BCUT2D eigenvalue weighted by atomic mass is 10.2. The maximum Gasteiger partial charge on any atom is 0.334 e. The van der Waals surface area contributed by atoms with Gasteiger partial charge in [-0.15, -0.1) is 0 Å². The van der Waals surface area contributed by atoms with Gasteiger partial charge in [0.25, 0.3) is 0 Å². The highest BCUT2D eigenvalue weighted by Gasteiger charge is 2.24. The van der Waals surface area contributed by atoms with Crippen molar-refractivity contribution in [2.24, 2.45) is 0 Å². The molecular formula is C15H21ClN2O3. The Bertz CT molecular complexity index is 476. The first-order valence-corrected chi connectivity index (χ1v) is 7.55. The van der Waals surface area contributed by atoms with Crippen molar-refractivity contribution >= 4 is 23.3 Å². The van der Waals surface area contributed by atoms with Crippen LogP contribution in [0.1, 0.15) is 6.92 Å². The number of carboxylic acid groups (broad SMARTS) is 1. The maximum absolute atomic E-state index is 11.1. The first-order chi connectivity index (χ1) is 10.1. The minimum absolute atomic E-state index is 0.416. The highest BCUT2D eigenvalue weighted by atomic mass is 35.5. The lowest BCUT2D eigenvalue weighted by Crippen LogP contribution is -2.50. The number of aliphatic carboxylic acids is 1. The Kier molecular flexibility index (Phi) is 5.85. The third-order valence-electron chi connectivity index (χ3n) is 3.61. The van der Waals surface area contributed by atoms with Crippen molar-refractivity contribution in [1.29, 1.82) is 0 Å². The lowest BCUT2D eigenvalue weighted by Gasteiger charge is -2.37. The molecule has 6 heteroatoms. The predicted molar refractivity (Wildman–Crippen MR) is 83.2 cm³/mol. The van der Waals surface area contributed by atoms with Crippen LogP contribution in [0, 0.1) is 0 Å². The molecule has 0 bridgehead atoms. The number of nitrogens with zero attached hydrogens (tertiary/aromatic N) is 2. The van der Waals surface area contributed by atoms with Crippen molar-refractivity contribution in [2.45, 2.75) is 13.0 Å². The van der Waals surface area contributed by atoms with Crippen molar-refractivity contribution in [1.82, 2.24) is 4.90 Å². The molecule has 1 atom stereocenters. The van der Waals surface area contributed by atoms with Gasteiger partial charge in [-0.05, 0) is 25.1 Å². The van der Waals surface area contributed by atoms with Crippen molar-refractivity contribution in [3.05, 3.63) is 29.3 Å². The topological polar surface area (TPSA) is 53.0 Å². The molecule has 116 valence electrons. The molecule has 0 radical (unpaired) electrons. The second-order valence-corrected chi connectivity index (χ2v) is 5.49. The Morgan fingerprint density at radius 1 is 1.38 bits per heavy atom. The average Bonchev–Trinajstić information content (AvgIpc) is 2.47. The van der Waals surface area contributed by atoms with E-state index in [1.165, 1.54) is 0 Å².